The minimum atomic E-state index is 0.353. The van der Waals surface area contributed by atoms with Crippen molar-refractivity contribution in [2.45, 2.75) is 45.6 Å². The Morgan fingerprint density at radius 2 is 2.00 bits per heavy atom. The second-order valence-electron chi connectivity index (χ2n) is 5.86. The molecule has 1 N–H and O–H groups in total. The molecule has 0 aliphatic carbocycles. The largest absolute Gasteiger partial charge is 0.494 e. The maximum atomic E-state index is 5.56. The summed E-state index contributed by atoms with van der Waals surface area (Å²) in [5.74, 6) is 1.98. The fourth-order valence-corrected chi connectivity index (χ4v) is 3.12. The number of nitrogens with one attached hydrogen (secondary N) is 1. The van der Waals surface area contributed by atoms with Crippen molar-refractivity contribution in [2.24, 2.45) is 0 Å². The van der Waals surface area contributed by atoms with Gasteiger partial charge in [-0.1, -0.05) is 12.8 Å². The molecule has 0 amide bonds. The van der Waals surface area contributed by atoms with E-state index in [1.54, 1.807) is 0 Å². The standard InChI is InChI=1S/C17H25N3O/c1-3-21-14-8-9-15-16(12-14)19-17(18-15)13(2)20-10-6-4-5-7-11-20/h8-9,12-13H,3-7,10-11H2,1-2H3,(H,18,19). The number of imidazole rings is 1. The Balaban J connectivity index is 1.82. The normalized spacial score (nSPS) is 18.6. The van der Waals surface area contributed by atoms with Crippen LogP contribution in [-0.2, 0) is 0 Å². The van der Waals surface area contributed by atoms with Crippen LogP contribution in [0.2, 0.25) is 0 Å². The Kier molecular flexibility index (Phi) is 4.44. The van der Waals surface area contributed by atoms with E-state index in [-0.39, 0.29) is 0 Å². The van der Waals surface area contributed by atoms with E-state index in [2.05, 4.69) is 16.8 Å². The van der Waals surface area contributed by atoms with Gasteiger partial charge in [0, 0.05) is 6.07 Å². The Bertz CT molecular complexity index is 585. The average Bonchev–Trinajstić information content (AvgIpc) is 2.72. The Labute approximate surface area is 126 Å². The highest BCUT2D eigenvalue weighted by Gasteiger charge is 2.20. The van der Waals surface area contributed by atoms with E-state index in [0.717, 1.165) is 22.6 Å². The van der Waals surface area contributed by atoms with Crippen molar-refractivity contribution in [2.75, 3.05) is 19.7 Å². The minimum absolute atomic E-state index is 0.353. The van der Waals surface area contributed by atoms with Gasteiger partial charge in [-0.3, -0.25) is 4.90 Å². The van der Waals surface area contributed by atoms with Gasteiger partial charge in [0.05, 0.1) is 23.7 Å². The molecule has 0 radical (unpaired) electrons. The molecular weight excluding hydrogens is 262 g/mol. The van der Waals surface area contributed by atoms with Crippen LogP contribution in [0.3, 0.4) is 0 Å². The van der Waals surface area contributed by atoms with Crippen LogP contribution < -0.4 is 4.74 Å². The number of rotatable bonds is 4. The summed E-state index contributed by atoms with van der Waals surface area (Å²) in [6.45, 7) is 7.32. The first-order chi connectivity index (χ1) is 10.3. The van der Waals surface area contributed by atoms with Crippen LogP contribution in [-0.4, -0.2) is 34.6 Å². The topological polar surface area (TPSA) is 41.1 Å². The zero-order valence-corrected chi connectivity index (χ0v) is 13.1. The number of hydrogen-bond acceptors (Lipinski definition) is 3. The molecular formula is C17H25N3O. The monoisotopic (exact) mass is 287 g/mol. The highest BCUT2D eigenvalue weighted by molar-refractivity contribution is 5.76. The number of aromatic amines is 1. The first-order valence-electron chi connectivity index (χ1n) is 8.14. The van der Waals surface area contributed by atoms with Gasteiger partial charge in [0.15, 0.2) is 0 Å². The molecule has 1 aromatic carbocycles. The van der Waals surface area contributed by atoms with E-state index >= 15 is 0 Å². The number of benzene rings is 1. The Morgan fingerprint density at radius 3 is 2.71 bits per heavy atom. The molecule has 1 atom stereocenters. The first-order valence-corrected chi connectivity index (χ1v) is 8.14. The molecule has 1 aliphatic heterocycles. The van der Waals surface area contributed by atoms with Crippen molar-refractivity contribution < 1.29 is 4.74 Å². The number of nitrogens with zero attached hydrogens (tertiary/aromatic N) is 2. The van der Waals surface area contributed by atoms with Gasteiger partial charge in [-0.2, -0.15) is 0 Å². The van der Waals surface area contributed by atoms with E-state index < -0.39 is 0 Å². The molecule has 21 heavy (non-hydrogen) atoms. The van der Waals surface area contributed by atoms with Crippen molar-refractivity contribution >= 4 is 11.0 Å². The first kappa shape index (κ1) is 14.4. The fraction of sp³-hybridized carbons (Fsp3) is 0.588. The van der Waals surface area contributed by atoms with Crippen molar-refractivity contribution in [3.05, 3.63) is 24.0 Å². The summed E-state index contributed by atoms with van der Waals surface area (Å²) in [7, 11) is 0. The second-order valence-corrected chi connectivity index (χ2v) is 5.86. The molecule has 1 unspecified atom stereocenters. The van der Waals surface area contributed by atoms with E-state index in [1.807, 2.05) is 25.1 Å². The van der Waals surface area contributed by atoms with Gasteiger partial charge >= 0.3 is 0 Å². The third-order valence-electron chi connectivity index (χ3n) is 4.37. The van der Waals surface area contributed by atoms with Gasteiger partial charge in [0.1, 0.15) is 11.6 Å². The molecule has 0 spiro atoms. The van der Waals surface area contributed by atoms with Gasteiger partial charge in [0.2, 0.25) is 0 Å². The highest BCUT2D eigenvalue weighted by atomic mass is 16.5. The van der Waals surface area contributed by atoms with Gasteiger partial charge in [0.25, 0.3) is 0 Å². The smallest absolute Gasteiger partial charge is 0.124 e. The molecule has 1 fully saturated rings. The maximum absolute atomic E-state index is 5.56. The molecule has 0 saturated carbocycles. The number of aromatic nitrogens is 2. The molecule has 4 nitrogen and oxygen atoms in total. The van der Waals surface area contributed by atoms with Crippen molar-refractivity contribution in [1.82, 2.24) is 14.9 Å². The molecule has 0 bridgehead atoms. The predicted octanol–water partition coefficient (Wildman–Crippen LogP) is 3.90. The van der Waals surface area contributed by atoms with Crippen LogP contribution >= 0.6 is 0 Å². The fourth-order valence-electron chi connectivity index (χ4n) is 3.12. The van der Waals surface area contributed by atoms with Crippen LogP contribution in [0, 0.1) is 0 Å². The summed E-state index contributed by atoms with van der Waals surface area (Å²) < 4.78 is 5.56. The number of likely N-dealkylation sites (tertiary alicyclic amines) is 1. The molecule has 1 saturated heterocycles. The summed E-state index contributed by atoms with van der Waals surface area (Å²) in [6, 6.07) is 6.43. The number of H-pyrrole nitrogens is 1. The van der Waals surface area contributed by atoms with E-state index in [0.29, 0.717) is 12.6 Å². The highest BCUT2D eigenvalue weighted by Crippen LogP contribution is 2.25. The van der Waals surface area contributed by atoms with Crippen molar-refractivity contribution in [3.63, 3.8) is 0 Å². The van der Waals surface area contributed by atoms with Gasteiger partial charge < -0.3 is 9.72 Å². The van der Waals surface area contributed by atoms with Crippen molar-refractivity contribution in [1.29, 1.82) is 0 Å². The quantitative estimate of drug-likeness (QED) is 0.927. The number of hydrogen-bond donors (Lipinski definition) is 1. The lowest BCUT2D eigenvalue weighted by atomic mass is 10.2. The Morgan fingerprint density at radius 1 is 1.24 bits per heavy atom. The minimum Gasteiger partial charge on any atom is -0.494 e. The van der Waals surface area contributed by atoms with Crippen LogP contribution in [0.15, 0.2) is 18.2 Å². The van der Waals surface area contributed by atoms with Crippen LogP contribution in [0.5, 0.6) is 5.75 Å². The molecule has 3 rings (SSSR count). The van der Waals surface area contributed by atoms with Gasteiger partial charge in [-0.05, 0) is 51.9 Å². The summed E-state index contributed by atoms with van der Waals surface area (Å²) in [4.78, 5) is 10.8. The Hall–Kier alpha value is -1.55. The average molecular weight is 287 g/mol. The lowest BCUT2D eigenvalue weighted by Gasteiger charge is -2.25. The number of fused-ring (bicyclic) bond motifs is 1. The summed E-state index contributed by atoms with van der Waals surface area (Å²) in [6.07, 6.45) is 5.33. The molecule has 1 aromatic heterocycles. The number of ether oxygens (including phenoxy) is 1. The summed E-state index contributed by atoms with van der Waals surface area (Å²) >= 11 is 0. The third-order valence-corrected chi connectivity index (χ3v) is 4.37. The van der Waals surface area contributed by atoms with E-state index in [4.69, 9.17) is 9.72 Å². The molecule has 1 aliphatic rings. The van der Waals surface area contributed by atoms with Crippen LogP contribution in [0.25, 0.3) is 11.0 Å². The lowest BCUT2D eigenvalue weighted by Crippen LogP contribution is -2.28. The van der Waals surface area contributed by atoms with Crippen molar-refractivity contribution in [3.8, 4) is 5.75 Å². The van der Waals surface area contributed by atoms with E-state index in [9.17, 15) is 0 Å². The molecule has 4 heteroatoms. The zero-order valence-electron chi connectivity index (χ0n) is 13.1. The van der Waals surface area contributed by atoms with Crippen LogP contribution in [0.4, 0.5) is 0 Å². The second kappa shape index (κ2) is 6.48. The SMILES string of the molecule is CCOc1ccc2nc(C(C)N3CCCCCC3)[nH]c2c1. The third kappa shape index (κ3) is 3.21. The van der Waals surface area contributed by atoms with Gasteiger partial charge in [-0.25, -0.2) is 4.98 Å². The lowest BCUT2D eigenvalue weighted by molar-refractivity contribution is 0.212. The maximum Gasteiger partial charge on any atom is 0.124 e. The zero-order chi connectivity index (χ0) is 14.7. The molecule has 2 heterocycles. The van der Waals surface area contributed by atoms with Gasteiger partial charge in [-0.15, -0.1) is 0 Å². The summed E-state index contributed by atoms with van der Waals surface area (Å²) in [5.41, 5.74) is 2.09. The van der Waals surface area contributed by atoms with E-state index in [1.165, 1.54) is 38.8 Å². The molecule has 2 aromatic rings. The molecule has 114 valence electrons. The van der Waals surface area contributed by atoms with Crippen LogP contribution in [0.1, 0.15) is 51.4 Å². The predicted molar refractivity (Wildman–Crippen MR) is 85.7 cm³/mol. The summed E-state index contributed by atoms with van der Waals surface area (Å²) in [5, 5.41) is 0.